The zero-order valence-electron chi connectivity index (χ0n) is 30.8. The van der Waals surface area contributed by atoms with Crippen LogP contribution in [0.2, 0.25) is 5.02 Å². The molecule has 5 aromatic rings. The number of hydrogen-bond acceptors (Lipinski definition) is 7. The maximum atomic E-state index is 14.7. The van der Waals surface area contributed by atoms with Crippen LogP contribution in [0.5, 0.6) is 0 Å². The third-order valence-electron chi connectivity index (χ3n) is 9.87. The molecule has 0 radical (unpaired) electrons. The average Bonchev–Trinajstić information content (AvgIpc) is 3.48. The first kappa shape index (κ1) is 39.2. The molecule has 1 aromatic heterocycles. The Morgan fingerprint density at radius 3 is 2.22 bits per heavy atom. The first-order valence-corrected chi connectivity index (χ1v) is 20.1. The van der Waals surface area contributed by atoms with Crippen molar-refractivity contribution in [2.75, 3.05) is 13.1 Å². The molecule has 2 heterocycles. The molecule has 4 aromatic carbocycles. The van der Waals surface area contributed by atoms with E-state index >= 15 is 0 Å². The number of benzene rings is 4. The van der Waals surface area contributed by atoms with Gasteiger partial charge in [0.2, 0.25) is 0 Å². The van der Waals surface area contributed by atoms with E-state index in [1.807, 2.05) is 38.1 Å². The largest absolute Gasteiger partial charge is 0.480 e. The lowest BCUT2D eigenvalue weighted by Crippen LogP contribution is -2.49. The molecule has 55 heavy (non-hydrogen) atoms. The van der Waals surface area contributed by atoms with Crippen molar-refractivity contribution in [1.82, 2.24) is 24.3 Å². The molecular weight excluding hydrogens is 742 g/mol. The number of halogens is 1. The number of carboxylic acids is 1. The van der Waals surface area contributed by atoms with Crippen molar-refractivity contribution in [3.63, 3.8) is 0 Å². The van der Waals surface area contributed by atoms with E-state index in [4.69, 9.17) is 11.6 Å². The lowest BCUT2D eigenvalue weighted by atomic mass is 9.93. The fraction of sp³-hybridized carbons (Fsp3) is 0.293. The van der Waals surface area contributed by atoms with Crippen LogP contribution in [0.15, 0.2) is 89.8 Å². The number of unbranched alkanes of at least 4 members (excludes halogenated alkanes) is 2. The molecule has 0 unspecified atom stereocenters. The molecule has 12 nitrogen and oxygen atoms in total. The van der Waals surface area contributed by atoms with Crippen LogP contribution in [0, 0.1) is 6.92 Å². The highest BCUT2D eigenvalue weighted by Gasteiger charge is 2.37. The predicted molar refractivity (Wildman–Crippen MR) is 209 cm³/mol. The Morgan fingerprint density at radius 1 is 0.891 bits per heavy atom. The standard InChI is InChI=1S/C41H42ClN5O7S/c1-4-6-20-45(21-7-5-2)40(50)37-36(42)26(3)47(43-37)34-19-17-30(38(48)44-55(53,54)32-18-16-27-12-8-9-13-28(27)22-32)23-33(34)39(49)46-25-31-15-11-10-14-29(31)24-35(46)41(51)52/h8-19,22-23,35H,4-7,20-21,24-25H2,1-3H3,(H,44,48)(H,51,52)/t35-/m0/s1. The number of nitrogens with one attached hydrogen (secondary N) is 1. The molecule has 0 saturated heterocycles. The van der Waals surface area contributed by atoms with Crippen LogP contribution in [0.3, 0.4) is 0 Å². The van der Waals surface area contributed by atoms with Crippen molar-refractivity contribution in [1.29, 1.82) is 0 Å². The van der Waals surface area contributed by atoms with Gasteiger partial charge in [-0.3, -0.25) is 14.4 Å². The number of carbonyl (C=O) groups excluding carboxylic acids is 3. The highest BCUT2D eigenvalue weighted by Crippen LogP contribution is 2.31. The van der Waals surface area contributed by atoms with Gasteiger partial charge in [-0.15, -0.1) is 0 Å². The summed E-state index contributed by atoms with van der Waals surface area (Å²) in [5, 5.41) is 16.4. The van der Waals surface area contributed by atoms with Gasteiger partial charge in [0.15, 0.2) is 5.69 Å². The van der Waals surface area contributed by atoms with E-state index < -0.39 is 33.8 Å². The number of carboxylic acid groups (broad SMARTS) is 1. The van der Waals surface area contributed by atoms with E-state index in [-0.39, 0.29) is 51.3 Å². The molecule has 1 aliphatic rings. The molecule has 1 aliphatic heterocycles. The predicted octanol–water partition coefficient (Wildman–Crippen LogP) is 6.80. The molecule has 0 bridgehead atoms. The summed E-state index contributed by atoms with van der Waals surface area (Å²) in [4.78, 5) is 57.6. The number of hydrogen-bond donors (Lipinski definition) is 2. The maximum Gasteiger partial charge on any atom is 0.326 e. The Kier molecular flexibility index (Phi) is 11.7. The molecule has 1 atom stereocenters. The van der Waals surface area contributed by atoms with E-state index in [2.05, 4.69) is 9.82 Å². The molecule has 6 rings (SSSR count). The van der Waals surface area contributed by atoms with Crippen LogP contribution in [0.25, 0.3) is 16.5 Å². The third-order valence-corrected chi connectivity index (χ3v) is 11.6. The van der Waals surface area contributed by atoms with Crippen LogP contribution < -0.4 is 4.72 Å². The highest BCUT2D eigenvalue weighted by molar-refractivity contribution is 7.90. The monoisotopic (exact) mass is 783 g/mol. The molecule has 0 spiro atoms. The molecule has 14 heteroatoms. The number of fused-ring (bicyclic) bond motifs is 2. The molecule has 2 N–H and O–H groups in total. The SMILES string of the molecule is CCCCN(CCCC)C(=O)c1nn(-c2ccc(C(=O)NS(=O)(=O)c3ccc4ccccc4c3)cc2C(=O)N2Cc3ccccc3C[C@H]2C(=O)O)c(C)c1Cl. The zero-order chi connectivity index (χ0) is 39.4. The molecule has 3 amide bonds. The van der Waals surface area contributed by atoms with Crippen molar-refractivity contribution in [2.24, 2.45) is 0 Å². The van der Waals surface area contributed by atoms with Gasteiger partial charge in [-0.2, -0.15) is 5.10 Å². The van der Waals surface area contributed by atoms with E-state index in [1.54, 1.807) is 42.2 Å². The van der Waals surface area contributed by atoms with Crippen molar-refractivity contribution < 1.29 is 32.7 Å². The topological polar surface area (TPSA) is 159 Å². The van der Waals surface area contributed by atoms with E-state index in [0.717, 1.165) is 42.2 Å². The lowest BCUT2D eigenvalue weighted by Gasteiger charge is -2.35. The van der Waals surface area contributed by atoms with Crippen LogP contribution in [0.4, 0.5) is 0 Å². The van der Waals surface area contributed by atoms with Gasteiger partial charge in [-0.25, -0.2) is 22.6 Å². The summed E-state index contributed by atoms with van der Waals surface area (Å²) in [6, 6.07) is 21.6. The van der Waals surface area contributed by atoms with Crippen molar-refractivity contribution in [2.45, 2.75) is 70.4 Å². The average molecular weight is 784 g/mol. The third kappa shape index (κ3) is 8.13. The van der Waals surface area contributed by atoms with Crippen LogP contribution in [-0.4, -0.2) is 75.9 Å². The van der Waals surface area contributed by atoms with Crippen LogP contribution in [-0.2, 0) is 27.8 Å². The number of aliphatic carboxylic acids is 1. The number of sulfonamides is 1. The second-order valence-corrected chi connectivity index (χ2v) is 15.7. The summed E-state index contributed by atoms with van der Waals surface area (Å²) in [7, 11) is -4.36. The highest BCUT2D eigenvalue weighted by atomic mass is 35.5. The normalized spacial score (nSPS) is 14.0. The Bertz CT molecular complexity index is 2400. The first-order chi connectivity index (χ1) is 26.3. The van der Waals surface area contributed by atoms with E-state index in [0.29, 0.717) is 24.2 Å². The molecule has 0 fully saturated rings. The Balaban J connectivity index is 1.43. The van der Waals surface area contributed by atoms with Gasteiger partial charge < -0.3 is 14.9 Å². The summed E-state index contributed by atoms with van der Waals surface area (Å²) in [6.07, 6.45) is 3.38. The van der Waals surface area contributed by atoms with Gasteiger partial charge in [-0.1, -0.05) is 92.9 Å². The minimum absolute atomic E-state index is 0.0108. The fourth-order valence-electron chi connectivity index (χ4n) is 6.74. The second-order valence-electron chi connectivity index (χ2n) is 13.6. The quantitative estimate of drug-likeness (QED) is 0.132. The maximum absolute atomic E-state index is 14.7. The first-order valence-electron chi connectivity index (χ1n) is 18.2. The summed E-state index contributed by atoms with van der Waals surface area (Å²) in [5.41, 5.74) is 1.67. The Labute approximate surface area is 324 Å². The van der Waals surface area contributed by atoms with Gasteiger partial charge >= 0.3 is 5.97 Å². The minimum Gasteiger partial charge on any atom is -0.480 e. The van der Waals surface area contributed by atoms with Crippen molar-refractivity contribution in [3.8, 4) is 5.69 Å². The zero-order valence-corrected chi connectivity index (χ0v) is 32.4. The van der Waals surface area contributed by atoms with Crippen molar-refractivity contribution in [3.05, 3.63) is 124 Å². The summed E-state index contributed by atoms with van der Waals surface area (Å²) in [6.45, 7) is 6.69. The van der Waals surface area contributed by atoms with Crippen LogP contribution >= 0.6 is 11.6 Å². The summed E-state index contributed by atoms with van der Waals surface area (Å²) >= 11 is 6.79. The van der Waals surface area contributed by atoms with Gasteiger partial charge in [-0.05, 0) is 72.0 Å². The minimum atomic E-state index is -4.36. The second kappa shape index (κ2) is 16.5. The van der Waals surface area contributed by atoms with E-state index in [1.165, 1.54) is 39.9 Å². The number of amides is 3. The van der Waals surface area contributed by atoms with E-state index in [9.17, 15) is 32.7 Å². The Hall–Kier alpha value is -5.53. The summed E-state index contributed by atoms with van der Waals surface area (Å²) in [5.74, 6) is -3.34. The number of carbonyl (C=O) groups is 4. The summed E-state index contributed by atoms with van der Waals surface area (Å²) < 4.78 is 30.3. The Morgan fingerprint density at radius 2 is 1.55 bits per heavy atom. The molecule has 0 aliphatic carbocycles. The van der Waals surface area contributed by atoms with Gasteiger partial charge in [0.25, 0.3) is 27.7 Å². The van der Waals surface area contributed by atoms with Crippen molar-refractivity contribution >= 4 is 56.1 Å². The van der Waals surface area contributed by atoms with Gasteiger partial charge in [0.1, 0.15) is 6.04 Å². The van der Waals surface area contributed by atoms with Gasteiger partial charge in [0, 0.05) is 31.6 Å². The number of rotatable bonds is 13. The molecule has 286 valence electrons. The van der Waals surface area contributed by atoms with Gasteiger partial charge in [0.05, 0.1) is 26.9 Å². The smallest absolute Gasteiger partial charge is 0.326 e. The lowest BCUT2D eigenvalue weighted by molar-refractivity contribution is -0.142. The number of nitrogens with zero attached hydrogens (tertiary/aromatic N) is 4. The number of aromatic nitrogens is 2. The fourth-order valence-corrected chi connectivity index (χ4v) is 7.94. The molecule has 0 saturated carbocycles. The molecular formula is C41H42ClN5O7S. The van der Waals surface area contributed by atoms with Crippen LogP contribution in [0.1, 0.15) is 87.6 Å².